The smallest absolute Gasteiger partial charge is 0.261 e. The highest BCUT2D eigenvalue weighted by Crippen LogP contribution is 2.29. The molecule has 1 fully saturated rings. The highest BCUT2D eigenvalue weighted by molar-refractivity contribution is 9.10. The molecule has 5 heteroatoms. The number of ether oxygens (including phenoxy) is 1. The van der Waals surface area contributed by atoms with E-state index >= 15 is 0 Å². The summed E-state index contributed by atoms with van der Waals surface area (Å²) in [5.41, 5.74) is 1.54. The van der Waals surface area contributed by atoms with E-state index in [0.29, 0.717) is 23.9 Å². The molecule has 0 heterocycles. The first-order chi connectivity index (χ1) is 11.7. The number of carbonyl (C=O) groups excluding carboxylic acids is 2. The first kappa shape index (κ1) is 16.7. The number of hydrogen-bond acceptors (Lipinski definition) is 3. The molecule has 0 atom stereocenters. The lowest BCUT2D eigenvalue weighted by Crippen LogP contribution is -2.36. The highest BCUT2D eigenvalue weighted by Gasteiger charge is 2.32. The number of carbonyl (C=O) groups is 2. The lowest BCUT2D eigenvalue weighted by molar-refractivity contribution is -0.134. The Morgan fingerprint density at radius 3 is 2.62 bits per heavy atom. The van der Waals surface area contributed by atoms with Gasteiger partial charge >= 0.3 is 0 Å². The van der Waals surface area contributed by atoms with Crippen LogP contribution in [0.4, 0.5) is 0 Å². The van der Waals surface area contributed by atoms with Gasteiger partial charge < -0.3 is 9.64 Å². The van der Waals surface area contributed by atoms with Gasteiger partial charge in [0.15, 0.2) is 12.9 Å². The molecule has 24 heavy (non-hydrogen) atoms. The van der Waals surface area contributed by atoms with Crippen LogP contribution in [0.5, 0.6) is 5.75 Å². The molecule has 4 nitrogen and oxygen atoms in total. The van der Waals surface area contributed by atoms with E-state index in [0.717, 1.165) is 29.2 Å². The minimum atomic E-state index is -0.0637. The van der Waals surface area contributed by atoms with Crippen molar-refractivity contribution in [2.75, 3.05) is 6.61 Å². The van der Waals surface area contributed by atoms with E-state index in [1.165, 1.54) is 0 Å². The molecule has 124 valence electrons. The van der Waals surface area contributed by atoms with E-state index in [1.807, 2.05) is 35.2 Å². The molecule has 2 aromatic carbocycles. The molecular weight excluding hydrogens is 370 g/mol. The molecule has 1 amide bonds. The number of amides is 1. The van der Waals surface area contributed by atoms with Gasteiger partial charge in [0.25, 0.3) is 5.91 Å². The molecule has 0 N–H and O–H groups in total. The van der Waals surface area contributed by atoms with Crippen LogP contribution in [0.15, 0.2) is 53.0 Å². The standard InChI is InChI=1S/C19H18BrNO3/c20-16-6-9-18(15(10-16)12-22)24-13-19(23)21(17-7-8-17)11-14-4-2-1-3-5-14/h1-6,9-10,12,17H,7-8,11,13H2. The van der Waals surface area contributed by atoms with E-state index in [4.69, 9.17) is 4.74 Å². The summed E-state index contributed by atoms with van der Waals surface area (Å²) in [5.74, 6) is 0.373. The number of aldehydes is 1. The Bertz CT molecular complexity index is 729. The van der Waals surface area contributed by atoms with Crippen LogP contribution in [0.2, 0.25) is 0 Å². The molecule has 0 aliphatic heterocycles. The second-order valence-corrected chi connectivity index (χ2v) is 6.74. The van der Waals surface area contributed by atoms with Crippen molar-refractivity contribution in [1.82, 2.24) is 4.90 Å². The molecule has 1 aliphatic rings. The van der Waals surface area contributed by atoms with Gasteiger partial charge in [0.2, 0.25) is 0 Å². The number of nitrogens with zero attached hydrogens (tertiary/aromatic N) is 1. The summed E-state index contributed by atoms with van der Waals surface area (Å²) in [6.45, 7) is 0.528. The van der Waals surface area contributed by atoms with E-state index in [2.05, 4.69) is 15.9 Å². The van der Waals surface area contributed by atoms with Crippen molar-refractivity contribution in [2.24, 2.45) is 0 Å². The summed E-state index contributed by atoms with van der Waals surface area (Å²) in [6, 6.07) is 15.4. The molecule has 0 saturated heterocycles. The molecule has 0 radical (unpaired) electrons. The Hall–Kier alpha value is -2.14. The highest BCUT2D eigenvalue weighted by atomic mass is 79.9. The molecule has 1 saturated carbocycles. The average Bonchev–Trinajstić information content (AvgIpc) is 3.44. The van der Waals surface area contributed by atoms with Gasteiger partial charge in [-0.05, 0) is 36.6 Å². The monoisotopic (exact) mass is 387 g/mol. The third-order valence-corrected chi connectivity index (χ3v) is 4.45. The van der Waals surface area contributed by atoms with Crippen LogP contribution in [0, 0.1) is 0 Å². The van der Waals surface area contributed by atoms with Gasteiger partial charge in [-0.25, -0.2) is 0 Å². The summed E-state index contributed by atoms with van der Waals surface area (Å²) >= 11 is 3.32. The van der Waals surface area contributed by atoms with Crippen LogP contribution < -0.4 is 4.74 Å². The Balaban J connectivity index is 1.65. The Morgan fingerprint density at radius 1 is 1.21 bits per heavy atom. The second-order valence-electron chi connectivity index (χ2n) is 5.83. The van der Waals surface area contributed by atoms with Crippen LogP contribution in [-0.2, 0) is 11.3 Å². The molecule has 0 unspecified atom stereocenters. The van der Waals surface area contributed by atoms with Crippen LogP contribution in [0.3, 0.4) is 0 Å². The van der Waals surface area contributed by atoms with Crippen LogP contribution >= 0.6 is 15.9 Å². The maximum Gasteiger partial charge on any atom is 0.261 e. The summed E-state index contributed by atoms with van der Waals surface area (Å²) in [7, 11) is 0. The summed E-state index contributed by atoms with van der Waals surface area (Å²) in [5, 5.41) is 0. The maximum atomic E-state index is 12.6. The van der Waals surface area contributed by atoms with Crippen LogP contribution in [0.25, 0.3) is 0 Å². The van der Waals surface area contributed by atoms with Gasteiger partial charge in [-0.3, -0.25) is 9.59 Å². The number of hydrogen-bond donors (Lipinski definition) is 0. The van der Waals surface area contributed by atoms with Gasteiger partial charge in [0, 0.05) is 17.1 Å². The zero-order valence-corrected chi connectivity index (χ0v) is 14.7. The summed E-state index contributed by atoms with van der Waals surface area (Å²) in [6.07, 6.45) is 2.81. The van der Waals surface area contributed by atoms with Gasteiger partial charge in [0.05, 0.1) is 5.56 Å². The second kappa shape index (κ2) is 7.62. The molecule has 3 rings (SSSR count). The fourth-order valence-electron chi connectivity index (χ4n) is 2.55. The van der Waals surface area contributed by atoms with Crippen molar-refractivity contribution in [3.05, 3.63) is 64.1 Å². The topological polar surface area (TPSA) is 46.6 Å². The van der Waals surface area contributed by atoms with E-state index in [-0.39, 0.29) is 12.5 Å². The van der Waals surface area contributed by atoms with Crippen LogP contribution in [-0.4, -0.2) is 29.7 Å². The molecule has 0 spiro atoms. The molecule has 0 bridgehead atoms. The minimum Gasteiger partial charge on any atom is -0.483 e. The Kier molecular flexibility index (Phi) is 5.30. The first-order valence-corrected chi connectivity index (χ1v) is 8.67. The lowest BCUT2D eigenvalue weighted by Gasteiger charge is -2.23. The van der Waals surface area contributed by atoms with Crippen molar-refractivity contribution < 1.29 is 14.3 Å². The predicted octanol–water partition coefficient (Wildman–Crippen LogP) is 3.83. The van der Waals surface area contributed by atoms with Gasteiger partial charge in [-0.15, -0.1) is 0 Å². The van der Waals surface area contributed by atoms with Gasteiger partial charge in [0.1, 0.15) is 5.75 Å². The van der Waals surface area contributed by atoms with Crippen molar-refractivity contribution in [3.63, 3.8) is 0 Å². The third-order valence-electron chi connectivity index (χ3n) is 3.95. The summed E-state index contributed by atoms with van der Waals surface area (Å²) < 4.78 is 6.40. The summed E-state index contributed by atoms with van der Waals surface area (Å²) in [4.78, 5) is 25.6. The number of halogens is 1. The van der Waals surface area contributed by atoms with Crippen molar-refractivity contribution in [2.45, 2.75) is 25.4 Å². The Labute approximate surface area is 149 Å². The minimum absolute atomic E-state index is 0.0545. The SMILES string of the molecule is O=Cc1cc(Br)ccc1OCC(=O)N(Cc1ccccc1)C1CC1. The number of benzene rings is 2. The maximum absolute atomic E-state index is 12.6. The Morgan fingerprint density at radius 2 is 1.96 bits per heavy atom. The largest absolute Gasteiger partial charge is 0.483 e. The molecule has 1 aliphatic carbocycles. The zero-order chi connectivity index (χ0) is 16.9. The fraction of sp³-hybridized carbons (Fsp3) is 0.263. The van der Waals surface area contributed by atoms with Crippen molar-refractivity contribution in [1.29, 1.82) is 0 Å². The molecule has 2 aromatic rings. The average molecular weight is 388 g/mol. The molecule has 0 aromatic heterocycles. The lowest BCUT2D eigenvalue weighted by atomic mass is 10.2. The zero-order valence-electron chi connectivity index (χ0n) is 13.2. The quantitative estimate of drug-likeness (QED) is 0.678. The predicted molar refractivity (Wildman–Crippen MR) is 95.0 cm³/mol. The number of rotatable bonds is 7. The van der Waals surface area contributed by atoms with E-state index in [9.17, 15) is 9.59 Å². The first-order valence-electron chi connectivity index (χ1n) is 7.88. The van der Waals surface area contributed by atoms with Crippen molar-refractivity contribution in [3.8, 4) is 5.75 Å². The molecular formula is C19H18BrNO3. The van der Waals surface area contributed by atoms with Crippen molar-refractivity contribution >= 4 is 28.1 Å². The van der Waals surface area contributed by atoms with E-state index < -0.39 is 0 Å². The van der Waals surface area contributed by atoms with E-state index in [1.54, 1.807) is 18.2 Å². The third kappa shape index (κ3) is 4.23. The normalized spacial score (nSPS) is 13.4. The van der Waals surface area contributed by atoms with Gasteiger partial charge in [-0.2, -0.15) is 0 Å². The fourth-order valence-corrected chi connectivity index (χ4v) is 2.93. The van der Waals surface area contributed by atoms with Crippen LogP contribution in [0.1, 0.15) is 28.8 Å². The van der Waals surface area contributed by atoms with Gasteiger partial charge in [-0.1, -0.05) is 46.3 Å².